The van der Waals surface area contributed by atoms with Gasteiger partial charge in [0.1, 0.15) is 8.07 Å². The Morgan fingerprint density at radius 1 is 0.773 bits per heavy atom. The summed E-state index contributed by atoms with van der Waals surface area (Å²) >= 11 is 0. The van der Waals surface area contributed by atoms with Crippen LogP contribution < -0.4 is 0 Å². The fourth-order valence-electron chi connectivity index (χ4n) is 4.89. The first-order valence-electron chi connectivity index (χ1n) is 8.73. The second kappa shape index (κ2) is 5.37. The van der Waals surface area contributed by atoms with E-state index in [-0.39, 0.29) is 0 Å². The first-order valence-corrected chi connectivity index (χ1v) is 11.2. The van der Waals surface area contributed by atoms with Gasteiger partial charge in [-0.25, -0.2) is 0 Å². The monoisotopic (exact) mass is 314 g/mol. The highest BCUT2D eigenvalue weighted by Gasteiger charge is 2.51. The molecule has 0 fully saturated rings. The highest BCUT2D eigenvalue weighted by Crippen LogP contribution is 2.55. The van der Waals surface area contributed by atoms with E-state index in [1.54, 1.807) is 21.5 Å². The van der Waals surface area contributed by atoms with Crippen molar-refractivity contribution >= 4 is 8.07 Å². The molecule has 2 rings (SSSR count). The molecule has 1 heteroatoms. The van der Waals surface area contributed by atoms with Crippen LogP contribution in [0.2, 0.25) is 11.6 Å². The summed E-state index contributed by atoms with van der Waals surface area (Å²) in [5, 5.41) is 3.89. The molecule has 0 aromatic rings. The Balaban J connectivity index is 2.74. The molecule has 122 valence electrons. The average Bonchev–Trinajstić information content (AvgIpc) is 2.75. The summed E-state index contributed by atoms with van der Waals surface area (Å²) in [5.74, 6) is 1.20. The molecule has 0 bridgehead atoms. The molecule has 0 aliphatic heterocycles. The van der Waals surface area contributed by atoms with Crippen LogP contribution in [-0.2, 0) is 0 Å². The van der Waals surface area contributed by atoms with Crippen LogP contribution in [-0.4, -0.2) is 8.07 Å². The maximum Gasteiger partial charge on any atom is 0.113 e. The Hall–Kier alpha value is -0.823. The van der Waals surface area contributed by atoms with Crippen LogP contribution in [0, 0.1) is 11.8 Å². The zero-order chi connectivity index (χ0) is 17.0. The summed E-state index contributed by atoms with van der Waals surface area (Å²) in [6, 6.07) is 0. The number of allylic oxidation sites excluding steroid dienone is 8. The number of rotatable bonds is 2. The highest BCUT2D eigenvalue weighted by atomic mass is 28.3. The molecule has 0 amide bonds. The number of hydrogen-bond donors (Lipinski definition) is 0. The summed E-state index contributed by atoms with van der Waals surface area (Å²) in [6.45, 7) is 24.2. The molecule has 0 radical (unpaired) electrons. The molecule has 22 heavy (non-hydrogen) atoms. The molecule has 0 aromatic carbocycles. The van der Waals surface area contributed by atoms with Crippen molar-refractivity contribution in [1.82, 2.24) is 0 Å². The van der Waals surface area contributed by atoms with E-state index in [4.69, 9.17) is 0 Å². The maximum absolute atomic E-state index is 2.64. The van der Waals surface area contributed by atoms with Gasteiger partial charge in [-0.3, -0.25) is 0 Å². The molecule has 0 heterocycles. The third kappa shape index (κ3) is 2.33. The highest BCUT2D eigenvalue weighted by molar-refractivity contribution is 6.94. The van der Waals surface area contributed by atoms with Gasteiger partial charge in [0.15, 0.2) is 0 Å². The van der Waals surface area contributed by atoms with Crippen LogP contribution in [0.5, 0.6) is 0 Å². The van der Waals surface area contributed by atoms with Crippen LogP contribution in [0.3, 0.4) is 0 Å². The molecular formula is C21H34Si. The van der Waals surface area contributed by atoms with E-state index >= 15 is 0 Å². The van der Waals surface area contributed by atoms with Gasteiger partial charge in [0.2, 0.25) is 0 Å². The largest absolute Gasteiger partial charge is 0.113 e. The van der Waals surface area contributed by atoms with E-state index in [9.17, 15) is 0 Å². The normalized spacial score (nSPS) is 29.0. The lowest BCUT2D eigenvalue weighted by Gasteiger charge is -2.47. The van der Waals surface area contributed by atoms with Crippen LogP contribution >= 0.6 is 0 Å². The Morgan fingerprint density at radius 2 is 1.09 bits per heavy atom. The van der Waals surface area contributed by atoms with Gasteiger partial charge >= 0.3 is 0 Å². The fraction of sp³-hybridized carbons (Fsp3) is 0.619. The van der Waals surface area contributed by atoms with Crippen molar-refractivity contribution in [2.45, 2.75) is 73.9 Å². The van der Waals surface area contributed by atoms with Crippen LogP contribution in [0.1, 0.15) is 62.3 Å². The third-order valence-electron chi connectivity index (χ3n) is 6.48. The topological polar surface area (TPSA) is 0 Å². The van der Waals surface area contributed by atoms with E-state index in [0.29, 0.717) is 16.9 Å². The van der Waals surface area contributed by atoms with Crippen molar-refractivity contribution in [3.63, 3.8) is 0 Å². The molecule has 2 unspecified atom stereocenters. The lowest BCUT2D eigenvalue weighted by Crippen LogP contribution is -2.49. The molecule has 0 N–H and O–H groups in total. The number of hydrogen-bond acceptors (Lipinski definition) is 0. The van der Waals surface area contributed by atoms with Gasteiger partial charge in [-0.05, 0) is 44.6 Å². The lowest BCUT2D eigenvalue weighted by atomic mass is 10.2. The van der Waals surface area contributed by atoms with Crippen LogP contribution in [0.4, 0.5) is 0 Å². The zero-order valence-electron chi connectivity index (χ0n) is 16.3. The van der Waals surface area contributed by atoms with Crippen molar-refractivity contribution in [3.8, 4) is 0 Å². The first-order chi connectivity index (χ1) is 9.92. The first kappa shape index (κ1) is 17.5. The standard InChI is InChI=1S/C21H34Si/c1-13-11-15(3)19(17(13)5)22(10,21(7,8)9)20-16(4)12-14(2)18(20)6/h11-12,15-16H,1-10H3. The predicted octanol–water partition coefficient (Wildman–Crippen LogP) is 6.77. The van der Waals surface area contributed by atoms with Gasteiger partial charge in [-0.2, -0.15) is 0 Å². The fourth-order valence-corrected chi connectivity index (χ4v) is 10.7. The van der Waals surface area contributed by atoms with Gasteiger partial charge in [-0.1, -0.05) is 86.0 Å². The average molecular weight is 315 g/mol. The van der Waals surface area contributed by atoms with Crippen molar-refractivity contribution < 1.29 is 0 Å². The van der Waals surface area contributed by atoms with Crippen molar-refractivity contribution in [3.05, 3.63) is 44.8 Å². The molecule has 0 aromatic heterocycles. The quantitative estimate of drug-likeness (QED) is 0.493. The molecule has 0 nitrogen and oxygen atoms in total. The van der Waals surface area contributed by atoms with E-state index in [2.05, 4.69) is 81.0 Å². The summed E-state index contributed by atoms with van der Waals surface area (Å²) in [4.78, 5) is 0. The van der Waals surface area contributed by atoms with E-state index in [1.807, 2.05) is 0 Å². The Labute approximate surface area is 139 Å². The molecular weight excluding hydrogens is 280 g/mol. The van der Waals surface area contributed by atoms with E-state index < -0.39 is 8.07 Å². The predicted molar refractivity (Wildman–Crippen MR) is 103 cm³/mol. The minimum Gasteiger partial charge on any atom is -0.0748 e. The SMILES string of the molecule is CC1=CC(C)C([Si](C)(C2=C(C)C(C)=CC2C)C(C)(C)C)=C1C. The minimum absolute atomic E-state index is 0.333. The molecule has 2 atom stereocenters. The van der Waals surface area contributed by atoms with E-state index in [1.165, 1.54) is 11.1 Å². The van der Waals surface area contributed by atoms with Crippen LogP contribution in [0.25, 0.3) is 0 Å². The van der Waals surface area contributed by atoms with Crippen molar-refractivity contribution in [2.75, 3.05) is 0 Å². The minimum atomic E-state index is -1.77. The van der Waals surface area contributed by atoms with Gasteiger partial charge < -0.3 is 0 Å². The molecule has 0 spiro atoms. The third-order valence-corrected chi connectivity index (χ3v) is 13.3. The summed E-state index contributed by atoms with van der Waals surface area (Å²) in [6.07, 6.45) is 4.97. The van der Waals surface area contributed by atoms with Crippen LogP contribution in [0.15, 0.2) is 44.8 Å². The Kier molecular flexibility index (Phi) is 4.28. The van der Waals surface area contributed by atoms with E-state index in [0.717, 1.165) is 0 Å². The van der Waals surface area contributed by atoms with Gasteiger partial charge in [0, 0.05) is 0 Å². The molecule has 0 saturated carbocycles. The second-order valence-corrected chi connectivity index (χ2v) is 13.6. The van der Waals surface area contributed by atoms with Crippen molar-refractivity contribution in [1.29, 1.82) is 0 Å². The van der Waals surface area contributed by atoms with Gasteiger partial charge in [-0.15, -0.1) is 0 Å². The molecule has 2 aliphatic carbocycles. The summed E-state index contributed by atoms with van der Waals surface area (Å²) < 4.78 is 0. The molecule has 0 saturated heterocycles. The van der Waals surface area contributed by atoms with Gasteiger partial charge in [0.25, 0.3) is 0 Å². The second-order valence-electron chi connectivity index (χ2n) is 8.73. The zero-order valence-corrected chi connectivity index (χ0v) is 17.3. The Bertz CT molecular complexity index is 571. The summed E-state index contributed by atoms with van der Waals surface area (Å²) in [5.41, 5.74) is 6.15. The van der Waals surface area contributed by atoms with Crippen molar-refractivity contribution in [2.24, 2.45) is 11.8 Å². The summed E-state index contributed by atoms with van der Waals surface area (Å²) in [7, 11) is -1.77. The lowest BCUT2D eigenvalue weighted by molar-refractivity contribution is 0.704. The Morgan fingerprint density at radius 3 is 1.27 bits per heavy atom. The van der Waals surface area contributed by atoms with Gasteiger partial charge in [0.05, 0.1) is 0 Å². The maximum atomic E-state index is 2.64. The smallest absolute Gasteiger partial charge is 0.0748 e. The molecule has 2 aliphatic rings.